The molecule has 0 fully saturated rings. The van der Waals surface area contributed by atoms with Crippen molar-refractivity contribution in [2.75, 3.05) is 21.1 Å². The monoisotopic (exact) mass is 319 g/mol. The molecule has 0 aliphatic carbocycles. The minimum absolute atomic E-state index is 0. The zero-order valence-electron chi connectivity index (χ0n) is 11.2. The molecule has 0 saturated heterocycles. The molecule has 0 spiro atoms. The van der Waals surface area contributed by atoms with Crippen LogP contribution < -0.4 is 17.0 Å². The normalized spacial score (nSPS) is 13.0. The first kappa shape index (κ1) is 16.9. The van der Waals surface area contributed by atoms with Crippen molar-refractivity contribution < 1.29 is 21.5 Å². The quantitative estimate of drug-likeness (QED) is 0.703. The van der Waals surface area contributed by atoms with E-state index in [1.54, 1.807) is 0 Å². The zero-order chi connectivity index (χ0) is 12.2. The Morgan fingerprint density at radius 1 is 1.12 bits per heavy atom. The summed E-state index contributed by atoms with van der Waals surface area (Å²) in [7, 11) is 6.77. The van der Waals surface area contributed by atoms with E-state index in [1.807, 2.05) is 12.1 Å². The fraction of sp³-hybridized carbons (Fsp3) is 0.571. The fourth-order valence-electron chi connectivity index (χ4n) is 1.64. The molecule has 17 heavy (non-hydrogen) atoms. The van der Waals surface area contributed by atoms with Crippen molar-refractivity contribution in [1.82, 2.24) is 0 Å². The lowest BCUT2D eigenvalue weighted by Gasteiger charge is -2.31. The van der Waals surface area contributed by atoms with Crippen LogP contribution in [0.5, 0.6) is 0 Å². The third-order valence-corrected chi connectivity index (χ3v) is 3.57. The molecule has 1 unspecified atom stereocenters. The molecule has 1 nitrogen and oxygen atoms in total. The van der Waals surface area contributed by atoms with Crippen LogP contribution in [0.25, 0.3) is 0 Å². The maximum atomic E-state index is 5.85. The maximum absolute atomic E-state index is 5.85. The van der Waals surface area contributed by atoms with Crippen LogP contribution in [-0.2, 0) is 6.42 Å². The Hall–Kier alpha value is -0.0500. The first-order chi connectivity index (χ1) is 7.39. The molecule has 0 amide bonds. The van der Waals surface area contributed by atoms with E-state index in [4.69, 9.17) is 11.6 Å². The number of hydrogen-bond acceptors (Lipinski definition) is 0. The number of quaternary nitrogens is 1. The number of hydrogen-bond donors (Lipinski definition) is 0. The Morgan fingerprint density at radius 3 is 2.12 bits per heavy atom. The summed E-state index contributed by atoms with van der Waals surface area (Å²) in [4.78, 5) is 0. The molecule has 0 aromatic heterocycles. The number of rotatable bonds is 5. The van der Waals surface area contributed by atoms with Crippen molar-refractivity contribution in [2.24, 2.45) is 0 Å². The molecule has 0 saturated carbocycles. The van der Waals surface area contributed by atoms with Gasteiger partial charge in [-0.3, -0.25) is 0 Å². The molecule has 1 rings (SSSR count). The van der Waals surface area contributed by atoms with Gasteiger partial charge in [0.25, 0.3) is 0 Å². The van der Waals surface area contributed by atoms with E-state index in [2.05, 4.69) is 40.2 Å². The SMILES string of the molecule is CC(CCCc1ccc(Cl)cc1)[N+](C)(C)C.[Br-]. The number of aryl methyl sites for hydroxylation is 1. The van der Waals surface area contributed by atoms with Crippen LogP contribution in [0, 0.1) is 0 Å². The van der Waals surface area contributed by atoms with Gasteiger partial charge in [-0.2, -0.15) is 0 Å². The molecule has 0 N–H and O–H groups in total. The van der Waals surface area contributed by atoms with Crippen molar-refractivity contribution >= 4 is 11.6 Å². The van der Waals surface area contributed by atoms with Crippen molar-refractivity contribution in [3.05, 3.63) is 34.9 Å². The number of benzene rings is 1. The van der Waals surface area contributed by atoms with Gasteiger partial charge < -0.3 is 21.5 Å². The van der Waals surface area contributed by atoms with Gasteiger partial charge in [-0.05, 0) is 43.9 Å². The van der Waals surface area contributed by atoms with Crippen LogP contribution >= 0.6 is 11.6 Å². The van der Waals surface area contributed by atoms with Crippen LogP contribution in [0.2, 0.25) is 5.02 Å². The Labute approximate surface area is 121 Å². The highest BCUT2D eigenvalue weighted by Gasteiger charge is 2.17. The molecule has 1 atom stereocenters. The molecule has 0 radical (unpaired) electrons. The Balaban J connectivity index is 0.00000256. The second-order valence-corrected chi connectivity index (χ2v) is 5.92. The summed E-state index contributed by atoms with van der Waals surface area (Å²) in [6.07, 6.45) is 3.67. The van der Waals surface area contributed by atoms with E-state index < -0.39 is 0 Å². The molecule has 3 heteroatoms. The Bertz CT molecular complexity index is 316. The van der Waals surface area contributed by atoms with Gasteiger partial charge in [-0.1, -0.05) is 23.7 Å². The highest BCUT2D eigenvalue weighted by atomic mass is 79.9. The van der Waals surface area contributed by atoms with E-state index in [1.165, 1.54) is 18.4 Å². The van der Waals surface area contributed by atoms with E-state index in [0.717, 1.165) is 15.9 Å². The minimum atomic E-state index is 0. The molecule has 0 heterocycles. The average Bonchev–Trinajstić information content (AvgIpc) is 2.19. The predicted molar refractivity (Wildman–Crippen MR) is 71.9 cm³/mol. The summed E-state index contributed by atoms with van der Waals surface area (Å²) in [6, 6.07) is 8.91. The van der Waals surface area contributed by atoms with E-state index in [0.29, 0.717) is 6.04 Å². The van der Waals surface area contributed by atoms with Crippen LogP contribution in [0.3, 0.4) is 0 Å². The number of halogens is 2. The third-order valence-electron chi connectivity index (χ3n) is 3.32. The summed E-state index contributed by atoms with van der Waals surface area (Å²) >= 11 is 5.85. The zero-order valence-corrected chi connectivity index (χ0v) is 13.6. The van der Waals surface area contributed by atoms with Crippen LogP contribution in [0.1, 0.15) is 25.3 Å². The first-order valence-corrected chi connectivity index (χ1v) is 6.33. The smallest absolute Gasteiger partial charge is 0.0855 e. The summed E-state index contributed by atoms with van der Waals surface area (Å²) in [6.45, 7) is 2.32. The summed E-state index contributed by atoms with van der Waals surface area (Å²) in [5, 5.41) is 0.823. The lowest BCUT2D eigenvalue weighted by atomic mass is 10.0. The Kier molecular flexibility index (Phi) is 7.38. The maximum Gasteiger partial charge on any atom is 0.0855 e. The van der Waals surface area contributed by atoms with Crippen molar-refractivity contribution in [2.45, 2.75) is 32.2 Å². The standard InChI is InChI=1S/C14H23ClN.BrH/c1-12(16(2,3)4)6-5-7-13-8-10-14(15)11-9-13;/h8-12H,5-7H2,1-4H3;1H/q+1;/p-1. The summed E-state index contributed by atoms with van der Waals surface area (Å²) in [5.41, 5.74) is 1.39. The second kappa shape index (κ2) is 7.40. The molecule has 1 aromatic rings. The molecule has 98 valence electrons. The molecule has 0 aliphatic heterocycles. The van der Waals surface area contributed by atoms with Gasteiger partial charge in [0.1, 0.15) is 0 Å². The summed E-state index contributed by atoms with van der Waals surface area (Å²) < 4.78 is 1.04. The fourth-order valence-corrected chi connectivity index (χ4v) is 1.77. The van der Waals surface area contributed by atoms with E-state index >= 15 is 0 Å². The Morgan fingerprint density at radius 2 is 1.65 bits per heavy atom. The highest BCUT2D eigenvalue weighted by molar-refractivity contribution is 6.30. The lowest BCUT2D eigenvalue weighted by Crippen LogP contribution is -3.00. The van der Waals surface area contributed by atoms with Gasteiger partial charge >= 0.3 is 0 Å². The molecular formula is C14H23BrClN. The van der Waals surface area contributed by atoms with Gasteiger partial charge in [-0.15, -0.1) is 0 Å². The minimum Gasteiger partial charge on any atom is -1.00 e. The average molecular weight is 321 g/mol. The van der Waals surface area contributed by atoms with Gasteiger partial charge in [0.05, 0.1) is 27.2 Å². The van der Waals surface area contributed by atoms with Crippen LogP contribution in [0.4, 0.5) is 0 Å². The van der Waals surface area contributed by atoms with Crippen molar-refractivity contribution in [3.8, 4) is 0 Å². The van der Waals surface area contributed by atoms with Gasteiger partial charge in [0.15, 0.2) is 0 Å². The van der Waals surface area contributed by atoms with Gasteiger partial charge in [-0.25, -0.2) is 0 Å². The van der Waals surface area contributed by atoms with Gasteiger partial charge in [0, 0.05) is 5.02 Å². The highest BCUT2D eigenvalue weighted by Crippen LogP contribution is 2.14. The molecule has 1 aromatic carbocycles. The summed E-state index contributed by atoms with van der Waals surface area (Å²) in [5.74, 6) is 0. The van der Waals surface area contributed by atoms with E-state index in [9.17, 15) is 0 Å². The van der Waals surface area contributed by atoms with Crippen molar-refractivity contribution in [1.29, 1.82) is 0 Å². The molecule has 0 aliphatic rings. The number of nitrogens with zero attached hydrogens (tertiary/aromatic N) is 1. The largest absolute Gasteiger partial charge is 1.00 e. The molecular weight excluding hydrogens is 298 g/mol. The van der Waals surface area contributed by atoms with Gasteiger partial charge in [0.2, 0.25) is 0 Å². The third kappa shape index (κ3) is 6.44. The van der Waals surface area contributed by atoms with E-state index in [-0.39, 0.29) is 17.0 Å². The predicted octanol–water partition coefficient (Wildman–Crippen LogP) is 0.761. The van der Waals surface area contributed by atoms with Crippen LogP contribution in [-0.4, -0.2) is 31.7 Å². The second-order valence-electron chi connectivity index (χ2n) is 5.48. The van der Waals surface area contributed by atoms with Crippen LogP contribution in [0.15, 0.2) is 24.3 Å². The van der Waals surface area contributed by atoms with Crippen molar-refractivity contribution in [3.63, 3.8) is 0 Å². The lowest BCUT2D eigenvalue weighted by molar-refractivity contribution is -0.894. The molecule has 0 bridgehead atoms. The first-order valence-electron chi connectivity index (χ1n) is 5.95. The topological polar surface area (TPSA) is 0 Å².